The van der Waals surface area contributed by atoms with Crippen LogP contribution in [0.5, 0.6) is 0 Å². The van der Waals surface area contributed by atoms with Crippen LogP contribution >= 0.6 is 0 Å². The van der Waals surface area contributed by atoms with Crippen LogP contribution < -0.4 is 0 Å². The second kappa shape index (κ2) is 5.26. The van der Waals surface area contributed by atoms with Gasteiger partial charge in [0, 0.05) is 5.92 Å². The van der Waals surface area contributed by atoms with Crippen LogP contribution in [0, 0.1) is 5.92 Å². The van der Waals surface area contributed by atoms with E-state index in [1.807, 2.05) is 13.8 Å². The molecular formula is C11H20N2O2. The fourth-order valence-corrected chi connectivity index (χ4v) is 1.41. The second-order valence-corrected chi connectivity index (χ2v) is 4.69. The molecule has 1 rings (SSSR count). The Kier molecular flexibility index (Phi) is 4.27. The molecule has 4 heteroatoms. The summed E-state index contributed by atoms with van der Waals surface area (Å²) in [5.41, 5.74) is 0. The molecular weight excluding hydrogens is 192 g/mol. The van der Waals surface area contributed by atoms with E-state index in [2.05, 4.69) is 24.0 Å². The first-order valence-corrected chi connectivity index (χ1v) is 5.49. The number of hydrogen-bond donors (Lipinski definition) is 1. The third-order valence-electron chi connectivity index (χ3n) is 2.15. The van der Waals surface area contributed by atoms with Gasteiger partial charge in [-0.05, 0) is 12.3 Å². The Morgan fingerprint density at radius 3 is 2.40 bits per heavy atom. The molecule has 0 aromatic carbocycles. The van der Waals surface area contributed by atoms with Gasteiger partial charge >= 0.3 is 0 Å². The van der Waals surface area contributed by atoms with Crippen molar-refractivity contribution in [3.05, 3.63) is 11.7 Å². The van der Waals surface area contributed by atoms with E-state index in [9.17, 15) is 5.11 Å². The molecule has 0 aliphatic heterocycles. The predicted molar refractivity (Wildman–Crippen MR) is 57.6 cm³/mol. The Labute approximate surface area is 90.7 Å². The smallest absolute Gasteiger partial charge is 0.229 e. The normalized spacial score (nSPS) is 13.8. The van der Waals surface area contributed by atoms with Gasteiger partial charge in [0.2, 0.25) is 5.89 Å². The minimum atomic E-state index is -0.384. The van der Waals surface area contributed by atoms with Gasteiger partial charge in [-0.25, -0.2) is 0 Å². The zero-order chi connectivity index (χ0) is 11.4. The van der Waals surface area contributed by atoms with Crippen molar-refractivity contribution in [1.82, 2.24) is 10.1 Å². The molecule has 4 nitrogen and oxygen atoms in total. The summed E-state index contributed by atoms with van der Waals surface area (Å²) in [5, 5.41) is 13.5. The van der Waals surface area contributed by atoms with Gasteiger partial charge in [-0.1, -0.05) is 32.9 Å². The molecule has 1 aromatic rings. The Bertz CT molecular complexity index is 295. The van der Waals surface area contributed by atoms with E-state index in [0.29, 0.717) is 24.1 Å². The first-order valence-electron chi connectivity index (χ1n) is 5.49. The topological polar surface area (TPSA) is 59.2 Å². The minimum Gasteiger partial charge on any atom is -0.393 e. The molecule has 1 heterocycles. The van der Waals surface area contributed by atoms with Crippen molar-refractivity contribution >= 4 is 0 Å². The Morgan fingerprint density at radius 2 is 1.93 bits per heavy atom. The highest BCUT2D eigenvalue weighted by atomic mass is 16.5. The van der Waals surface area contributed by atoms with Crippen LogP contribution in [-0.4, -0.2) is 21.4 Å². The van der Waals surface area contributed by atoms with Gasteiger partial charge in [0.05, 0.1) is 12.5 Å². The van der Waals surface area contributed by atoms with E-state index in [4.69, 9.17) is 4.52 Å². The monoisotopic (exact) mass is 212 g/mol. The van der Waals surface area contributed by atoms with Gasteiger partial charge in [0.1, 0.15) is 0 Å². The molecule has 0 amide bonds. The number of aromatic nitrogens is 2. The number of nitrogens with zero attached hydrogens (tertiary/aromatic N) is 2. The van der Waals surface area contributed by atoms with Crippen molar-refractivity contribution in [2.75, 3.05) is 0 Å². The molecule has 0 spiro atoms. The van der Waals surface area contributed by atoms with E-state index in [1.165, 1.54) is 0 Å². The van der Waals surface area contributed by atoms with Crippen LogP contribution in [0.15, 0.2) is 4.52 Å². The summed E-state index contributed by atoms with van der Waals surface area (Å²) in [6.07, 6.45) is 0.836. The van der Waals surface area contributed by atoms with Crippen molar-refractivity contribution in [2.24, 2.45) is 5.92 Å². The van der Waals surface area contributed by atoms with Crippen molar-refractivity contribution in [3.63, 3.8) is 0 Å². The maximum atomic E-state index is 9.69. The minimum absolute atomic E-state index is 0.268. The summed E-state index contributed by atoms with van der Waals surface area (Å²) in [6.45, 7) is 8.19. The molecule has 0 fully saturated rings. The lowest BCUT2D eigenvalue weighted by molar-refractivity contribution is 0.138. The van der Waals surface area contributed by atoms with Gasteiger partial charge in [-0.2, -0.15) is 4.98 Å². The molecule has 0 aliphatic rings. The molecule has 0 saturated carbocycles. The van der Waals surface area contributed by atoms with Crippen molar-refractivity contribution < 1.29 is 9.63 Å². The Hall–Kier alpha value is -0.900. The fourth-order valence-electron chi connectivity index (χ4n) is 1.41. The first kappa shape index (κ1) is 12.2. The highest BCUT2D eigenvalue weighted by Crippen LogP contribution is 2.13. The van der Waals surface area contributed by atoms with Crippen LogP contribution in [0.25, 0.3) is 0 Å². The van der Waals surface area contributed by atoms with E-state index in [1.54, 1.807) is 0 Å². The molecule has 0 saturated heterocycles. The highest BCUT2D eigenvalue weighted by molar-refractivity contribution is 4.92. The van der Waals surface area contributed by atoms with E-state index in [0.717, 1.165) is 6.42 Å². The average Bonchev–Trinajstić information content (AvgIpc) is 2.50. The molecule has 1 atom stereocenters. The van der Waals surface area contributed by atoms with E-state index in [-0.39, 0.29) is 12.0 Å². The number of aliphatic hydroxyl groups is 1. The molecule has 0 aliphatic carbocycles. The molecule has 0 radical (unpaired) electrons. The van der Waals surface area contributed by atoms with E-state index >= 15 is 0 Å². The third kappa shape index (κ3) is 4.00. The summed E-state index contributed by atoms with van der Waals surface area (Å²) >= 11 is 0. The maximum absolute atomic E-state index is 9.69. The Balaban J connectivity index is 2.49. The summed E-state index contributed by atoms with van der Waals surface area (Å²) in [6, 6.07) is 0. The zero-order valence-electron chi connectivity index (χ0n) is 9.90. The summed E-state index contributed by atoms with van der Waals surface area (Å²) < 4.78 is 5.06. The van der Waals surface area contributed by atoms with Gasteiger partial charge in [0.15, 0.2) is 5.82 Å². The van der Waals surface area contributed by atoms with Gasteiger partial charge in [-0.15, -0.1) is 0 Å². The maximum Gasteiger partial charge on any atom is 0.229 e. The molecule has 0 bridgehead atoms. The number of aliphatic hydroxyl groups excluding tert-OH is 1. The lowest BCUT2D eigenvalue weighted by Gasteiger charge is -2.09. The van der Waals surface area contributed by atoms with Crippen molar-refractivity contribution in [3.8, 4) is 0 Å². The standard InChI is InChI=1S/C11H20N2O2/c1-7(2)5-9(14)6-10-12-11(8(3)4)13-15-10/h7-9,14H,5-6H2,1-4H3. The predicted octanol–water partition coefficient (Wildman–Crippen LogP) is 2.14. The molecule has 1 aromatic heterocycles. The van der Waals surface area contributed by atoms with Crippen molar-refractivity contribution in [1.29, 1.82) is 0 Å². The highest BCUT2D eigenvalue weighted by Gasteiger charge is 2.14. The largest absolute Gasteiger partial charge is 0.393 e. The van der Waals surface area contributed by atoms with Gasteiger partial charge < -0.3 is 9.63 Å². The average molecular weight is 212 g/mol. The van der Waals surface area contributed by atoms with Crippen LogP contribution in [0.3, 0.4) is 0 Å². The van der Waals surface area contributed by atoms with Crippen LogP contribution in [0.2, 0.25) is 0 Å². The Morgan fingerprint density at radius 1 is 1.27 bits per heavy atom. The number of hydrogen-bond acceptors (Lipinski definition) is 4. The second-order valence-electron chi connectivity index (χ2n) is 4.69. The van der Waals surface area contributed by atoms with Crippen LogP contribution in [-0.2, 0) is 6.42 Å². The van der Waals surface area contributed by atoms with Gasteiger partial charge in [0.25, 0.3) is 0 Å². The molecule has 1 N–H and O–H groups in total. The SMILES string of the molecule is CC(C)CC(O)Cc1nc(C(C)C)no1. The summed E-state index contributed by atoms with van der Waals surface area (Å²) in [4.78, 5) is 4.22. The third-order valence-corrected chi connectivity index (χ3v) is 2.15. The van der Waals surface area contributed by atoms with Gasteiger partial charge in [-0.3, -0.25) is 0 Å². The lowest BCUT2D eigenvalue weighted by atomic mass is 10.0. The lowest BCUT2D eigenvalue weighted by Crippen LogP contribution is -2.13. The zero-order valence-corrected chi connectivity index (χ0v) is 9.90. The summed E-state index contributed by atoms with van der Waals surface area (Å²) in [5.74, 6) is 1.99. The van der Waals surface area contributed by atoms with Crippen LogP contribution in [0.1, 0.15) is 51.7 Å². The first-order chi connectivity index (χ1) is 6.99. The quantitative estimate of drug-likeness (QED) is 0.812. The van der Waals surface area contributed by atoms with Crippen molar-refractivity contribution in [2.45, 2.75) is 52.6 Å². The number of rotatable bonds is 5. The molecule has 1 unspecified atom stereocenters. The van der Waals surface area contributed by atoms with Crippen LogP contribution in [0.4, 0.5) is 0 Å². The fraction of sp³-hybridized carbons (Fsp3) is 0.818. The molecule has 86 valence electrons. The van der Waals surface area contributed by atoms with E-state index < -0.39 is 0 Å². The molecule has 15 heavy (non-hydrogen) atoms. The summed E-state index contributed by atoms with van der Waals surface area (Å²) in [7, 11) is 0.